The van der Waals surface area contributed by atoms with E-state index in [4.69, 9.17) is 0 Å². The fraction of sp³-hybridized carbons (Fsp3) is 0.444. The third-order valence-electron chi connectivity index (χ3n) is 1.80. The van der Waals surface area contributed by atoms with E-state index < -0.39 is 17.4 Å². The number of ether oxygens (including phenoxy) is 2. The number of hydrogen-bond donors (Lipinski definition) is 1. The molecule has 1 aromatic rings. The van der Waals surface area contributed by atoms with Crippen molar-refractivity contribution in [3.8, 4) is 5.75 Å². The van der Waals surface area contributed by atoms with Crippen molar-refractivity contribution in [1.29, 1.82) is 0 Å². The van der Waals surface area contributed by atoms with Crippen LogP contribution in [0.4, 0.5) is 4.79 Å². The molecule has 16 heavy (non-hydrogen) atoms. The first-order valence-corrected chi connectivity index (χ1v) is 4.77. The molecule has 0 saturated heterocycles. The first kappa shape index (κ1) is 12.0. The molecule has 7 nitrogen and oxygen atoms in total. The van der Waals surface area contributed by atoms with Crippen LogP contribution < -0.4 is 16.0 Å². The largest absolute Gasteiger partial charge is 0.514 e. The third kappa shape index (κ3) is 2.50. The SMILES string of the molecule is CCOC(=O)Oc1c[nH]c(=O)n(CC)c1=O. The second-order valence-electron chi connectivity index (χ2n) is 2.79. The third-order valence-corrected chi connectivity index (χ3v) is 1.80. The van der Waals surface area contributed by atoms with E-state index in [9.17, 15) is 14.4 Å². The number of hydrogen-bond acceptors (Lipinski definition) is 5. The minimum atomic E-state index is -0.977. The van der Waals surface area contributed by atoms with Crippen LogP contribution in [0.5, 0.6) is 5.75 Å². The number of nitrogens with one attached hydrogen (secondary N) is 1. The van der Waals surface area contributed by atoms with Gasteiger partial charge >= 0.3 is 11.8 Å². The van der Waals surface area contributed by atoms with Gasteiger partial charge in [-0.15, -0.1) is 0 Å². The van der Waals surface area contributed by atoms with Crippen molar-refractivity contribution in [2.24, 2.45) is 0 Å². The van der Waals surface area contributed by atoms with Crippen LogP contribution in [0.15, 0.2) is 15.8 Å². The predicted octanol–water partition coefficient (Wildman–Crippen LogP) is 0.0918. The summed E-state index contributed by atoms with van der Waals surface area (Å²) in [6.07, 6.45) is 0.0580. The number of carbonyl (C=O) groups is 1. The molecule has 0 spiro atoms. The lowest BCUT2D eigenvalue weighted by Gasteiger charge is -2.05. The maximum absolute atomic E-state index is 11.6. The molecule has 1 aromatic heterocycles. The van der Waals surface area contributed by atoms with Crippen LogP contribution in [-0.2, 0) is 11.3 Å². The lowest BCUT2D eigenvalue weighted by atomic mass is 10.5. The Balaban J connectivity index is 3.03. The summed E-state index contributed by atoms with van der Waals surface area (Å²) in [4.78, 5) is 36.0. The van der Waals surface area contributed by atoms with Crippen molar-refractivity contribution in [1.82, 2.24) is 9.55 Å². The van der Waals surface area contributed by atoms with Gasteiger partial charge in [-0.2, -0.15) is 0 Å². The highest BCUT2D eigenvalue weighted by Crippen LogP contribution is 1.99. The number of aromatic amines is 1. The van der Waals surface area contributed by atoms with E-state index in [-0.39, 0.29) is 18.9 Å². The summed E-state index contributed by atoms with van der Waals surface area (Å²) >= 11 is 0. The molecular weight excluding hydrogens is 216 g/mol. The molecule has 0 aromatic carbocycles. The smallest absolute Gasteiger partial charge is 0.434 e. The summed E-state index contributed by atoms with van der Waals surface area (Å²) in [6, 6.07) is 0. The van der Waals surface area contributed by atoms with Crippen LogP contribution in [0.2, 0.25) is 0 Å². The molecule has 1 heterocycles. The molecule has 88 valence electrons. The standard InChI is InChI=1S/C9H12N2O5/c1-3-11-7(12)6(5-10-8(11)13)16-9(14)15-4-2/h5H,3-4H2,1-2H3,(H,10,13). The quantitative estimate of drug-likeness (QED) is 0.740. The highest BCUT2D eigenvalue weighted by Gasteiger charge is 2.11. The minimum absolute atomic E-state index is 0.143. The van der Waals surface area contributed by atoms with E-state index in [1.165, 1.54) is 0 Å². The first-order chi connectivity index (χ1) is 7.60. The fourth-order valence-electron chi connectivity index (χ4n) is 1.09. The second kappa shape index (κ2) is 5.15. The Morgan fingerprint density at radius 2 is 2.12 bits per heavy atom. The molecule has 0 saturated carbocycles. The predicted molar refractivity (Wildman–Crippen MR) is 54.6 cm³/mol. The lowest BCUT2D eigenvalue weighted by molar-refractivity contribution is 0.103. The topological polar surface area (TPSA) is 90.4 Å². The normalized spacial score (nSPS) is 9.88. The van der Waals surface area contributed by atoms with Gasteiger partial charge in [0, 0.05) is 6.54 Å². The Labute approximate surface area is 90.6 Å². The van der Waals surface area contributed by atoms with Crippen LogP contribution in [0.1, 0.15) is 13.8 Å². The van der Waals surface area contributed by atoms with Crippen molar-refractivity contribution in [3.63, 3.8) is 0 Å². The Hall–Kier alpha value is -2.05. The molecule has 0 fully saturated rings. The van der Waals surface area contributed by atoms with E-state index in [1.54, 1.807) is 13.8 Å². The Bertz CT molecular complexity index is 487. The molecule has 0 bridgehead atoms. The van der Waals surface area contributed by atoms with Crippen LogP contribution >= 0.6 is 0 Å². The van der Waals surface area contributed by atoms with Gasteiger partial charge in [0.2, 0.25) is 5.75 Å². The molecule has 0 radical (unpaired) electrons. The zero-order valence-electron chi connectivity index (χ0n) is 8.98. The molecule has 0 aliphatic rings. The van der Waals surface area contributed by atoms with Crippen LogP contribution in [0.25, 0.3) is 0 Å². The Morgan fingerprint density at radius 1 is 1.44 bits per heavy atom. The summed E-state index contributed by atoms with van der Waals surface area (Å²) in [6.45, 7) is 3.57. The molecule has 0 amide bonds. The van der Waals surface area contributed by atoms with Crippen LogP contribution in [0, 0.1) is 0 Å². The van der Waals surface area contributed by atoms with Gasteiger partial charge < -0.3 is 14.5 Å². The molecule has 0 unspecified atom stereocenters. The molecule has 7 heteroatoms. The lowest BCUT2D eigenvalue weighted by Crippen LogP contribution is -2.35. The molecule has 0 aliphatic heterocycles. The average Bonchev–Trinajstić information content (AvgIpc) is 2.23. The Kier molecular flexibility index (Phi) is 3.87. The molecule has 0 atom stereocenters. The average molecular weight is 228 g/mol. The monoisotopic (exact) mass is 228 g/mol. The first-order valence-electron chi connectivity index (χ1n) is 4.77. The number of rotatable bonds is 3. The van der Waals surface area contributed by atoms with Crippen LogP contribution in [0.3, 0.4) is 0 Å². The zero-order chi connectivity index (χ0) is 12.1. The number of aromatic nitrogens is 2. The molecule has 1 rings (SSSR count). The van der Waals surface area contributed by atoms with Gasteiger partial charge in [0.05, 0.1) is 12.8 Å². The van der Waals surface area contributed by atoms with Gasteiger partial charge in [0.25, 0.3) is 5.56 Å². The molecular formula is C9H12N2O5. The van der Waals surface area contributed by atoms with E-state index in [0.29, 0.717) is 0 Å². The van der Waals surface area contributed by atoms with Crippen molar-refractivity contribution in [2.45, 2.75) is 20.4 Å². The molecule has 1 N–H and O–H groups in total. The number of nitrogens with zero attached hydrogens (tertiary/aromatic N) is 1. The van der Waals surface area contributed by atoms with Crippen molar-refractivity contribution in [3.05, 3.63) is 27.0 Å². The van der Waals surface area contributed by atoms with Gasteiger partial charge in [-0.3, -0.25) is 9.36 Å². The van der Waals surface area contributed by atoms with Gasteiger partial charge in [0.1, 0.15) is 0 Å². The van der Waals surface area contributed by atoms with Crippen LogP contribution in [-0.4, -0.2) is 22.3 Å². The molecule has 0 aliphatic carbocycles. The number of H-pyrrole nitrogens is 1. The zero-order valence-corrected chi connectivity index (χ0v) is 8.98. The second-order valence-corrected chi connectivity index (χ2v) is 2.79. The fourth-order valence-corrected chi connectivity index (χ4v) is 1.09. The summed E-state index contributed by atoms with van der Waals surface area (Å²) in [5.74, 6) is -0.264. The number of carbonyl (C=O) groups excluding carboxylic acids is 1. The minimum Gasteiger partial charge on any atom is -0.434 e. The van der Waals surface area contributed by atoms with E-state index in [0.717, 1.165) is 10.8 Å². The van der Waals surface area contributed by atoms with Crippen molar-refractivity contribution < 1.29 is 14.3 Å². The highest BCUT2D eigenvalue weighted by atomic mass is 16.7. The Morgan fingerprint density at radius 3 is 2.69 bits per heavy atom. The van der Waals surface area contributed by atoms with E-state index in [1.807, 2.05) is 0 Å². The van der Waals surface area contributed by atoms with Gasteiger partial charge in [0.15, 0.2) is 0 Å². The van der Waals surface area contributed by atoms with Gasteiger partial charge in [-0.25, -0.2) is 9.59 Å². The van der Waals surface area contributed by atoms with Crippen molar-refractivity contribution in [2.75, 3.05) is 6.61 Å². The van der Waals surface area contributed by atoms with E-state index >= 15 is 0 Å². The van der Waals surface area contributed by atoms with E-state index in [2.05, 4.69) is 14.5 Å². The van der Waals surface area contributed by atoms with Crippen molar-refractivity contribution >= 4 is 6.16 Å². The maximum Gasteiger partial charge on any atom is 0.514 e. The maximum atomic E-state index is 11.6. The van der Waals surface area contributed by atoms with Gasteiger partial charge in [-0.05, 0) is 13.8 Å². The summed E-state index contributed by atoms with van der Waals surface area (Å²) in [5, 5.41) is 0. The summed E-state index contributed by atoms with van der Waals surface area (Å²) in [7, 11) is 0. The summed E-state index contributed by atoms with van der Waals surface area (Å²) < 4.78 is 10.0. The van der Waals surface area contributed by atoms with Gasteiger partial charge in [-0.1, -0.05) is 0 Å². The summed E-state index contributed by atoms with van der Waals surface area (Å²) in [5.41, 5.74) is -1.22. The highest BCUT2D eigenvalue weighted by molar-refractivity contribution is 5.63.